The van der Waals surface area contributed by atoms with Crippen LogP contribution in [0.15, 0.2) is 48.6 Å². The highest BCUT2D eigenvalue weighted by molar-refractivity contribution is 7.90. The number of nitrogens with one attached hydrogen (secondary N) is 1. The third-order valence-corrected chi connectivity index (χ3v) is 15.1. The molecule has 2 saturated heterocycles. The first kappa shape index (κ1) is 38.6. The zero-order chi connectivity index (χ0) is 37.3. The Morgan fingerprint density at radius 3 is 2.66 bits per heavy atom. The van der Waals surface area contributed by atoms with Gasteiger partial charge in [-0.05, 0) is 118 Å². The number of aryl methyl sites for hydroxylation is 1. The van der Waals surface area contributed by atoms with Crippen LogP contribution in [0.1, 0.15) is 80.3 Å². The van der Waals surface area contributed by atoms with Crippen molar-refractivity contribution in [3.8, 4) is 5.75 Å². The molecule has 290 valence electrons. The average Bonchev–Trinajstić information content (AvgIpc) is 3.15. The molecule has 0 aromatic heterocycles. The monoisotopic (exact) mass is 770 g/mol. The molecular weight excluding hydrogens is 715 g/mol. The molecule has 7 rings (SSSR count). The fourth-order valence-corrected chi connectivity index (χ4v) is 10.8. The Kier molecular flexibility index (Phi) is 11.8. The molecule has 1 N–H and O–H groups in total. The van der Waals surface area contributed by atoms with Crippen LogP contribution in [0.2, 0.25) is 5.02 Å². The van der Waals surface area contributed by atoms with Crippen molar-refractivity contribution in [2.75, 3.05) is 57.8 Å². The summed E-state index contributed by atoms with van der Waals surface area (Å²) < 4.78 is 57.3. The highest BCUT2D eigenvalue weighted by atomic mass is 35.5. The van der Waals surface area contributed by atoms with Crippen LogP contribution >= 0.6 is 11.6 Å². The van der Waals surface area contributed by atoms with Crippen molar-refractivity contribution < 1.29 is 27.1 Å². The summed E-state index contributed by atoms with van der Waals surface area (Å²) in [4.78, 5) is 20.9. The second-order valence-corrected chi connectivity index (χ2v) is 18.7. The normalized spacial score (nSPS) is 33.5. The van der Waals surface area contributed by atoms with Crippen molar-refractivity contribution in [3.05, 3.63) is 70.3 Å². The number of hydrogen-bond donors (Lipinski definition) is 1. The molecule has 1 amide bonds. The van der Waals surface area contributed by atoms with Gasteiger partial charge in [-0.2, -0.15) is 0 Å². The summed E-state index contributed by atoms with van der Waals surface area (Å²) in [5, 5.41) is -0.1000. The molecule has 9 nitrogen and oxygen atoms in total. The summed E-state index contributed by atoms with van der Waals surface area (Å²) in [7, 11) is -2.17. The second kappa shape index (κ2) is 16.2. The molecule has 12 heteroatoms. The molecule has 2 aromatic rings. The average molecular weight is 771 g/mol. The van der Waals surface area contributed by atoms with Crippen molar-refractivity contribution in [3.63, 3.8) is 0 Å². The number of fused-ring (bicyclic) bond motifs is 4. The minimum Gasteiger partial charge on any atom is -0.487 e. The fourth-order valence-electron chi connectivity index (χ4n) is 9.32. The molecule has 1 saturated carbocycles. The van der Waals surface area contributed by atoms with E-state index in [1.807, 2.05) is 32.2 Å². The van der Waals surface area contributed by atoms with Gasteiger partial charge in [0.05, 0.1) is 10.9 Å². The van der Waals surface area contributed by atoms with E-state index in [-0.39, 0.29) is 23.4 Å². The number of methoxy groups -OCH3 is 1. The van der Waals surface area contributed by atoms with Gasteiger partial charge in [-0.3, -0.25) is 14.6 Å². The number of hydrogen-bond acceptors (Lipinski definition) is 8. The van der Waals surface area contributed by atoms with Crippen molar-refractivity contribution in [2.24, 2.45) is 17.8 Å². The molecule has 7 atom stereocenters. The molecule has 5 aliphatic rings. The van der Waals surface area contributed by atoms with Crippen molar-refractivity contribution in [2.45, 2.75) is 94.9 Å². The van der Waals surface area contributed by atoms with E-state index >= 15 is 0 Å². The van der Waals surface area contributed by atoms with E-state index in [2.05, 4.69) is 31.6 Å². The highest BCUT2D eigenvalue weighted by Crippen LogP contribution is 2.47. The molecule has 4 aliphatic heterocycles. The summed E-state index contributed by atoms with van der Waals surface area (Å²) in [5.74, 6) is 0.285. The Morgan fingerprint density at radius 1 is 1.02 bits per heavy atom. The molecule has 3 fully saturated rings. The summed E-state index contributed by atoms with van der Waals surface area (Å²) in [6.07, 6.45) is 10.1. The number of halogens is 2. The van der Waals surface area contributed by atoms with E-state index in [9.17, 15) is 17.6 Å². The number of alkyl halides is 1. The molecule has 4 heterocycles. The van der Waals surface area contributed by atoms with Gasteiger partial charge in [-0.1, -0.05) is 36.7 Å². The van der Waals surface area contributed by atoms with E-state index in [4.69, 9.17) is 21.1 Å². The smallest absolute Gasteiger partial charge is 0.264 e. The van der Waals surface area contributed by atoms with Gasteiger partial charge in [0.1, 0.15) is 24.1 Å². The number of rotatable bonds is 3. The predicted octanol–water partition coefficient (Wildman–Crippen LogP) is 6.64. The van der Waals surface area contributed by atoms with Gasteiger partial charge in [0.15, 0.2) is 0 Å². The first-order valence-corrected chi connectivity index (χ1v) is 21.6. The lowest BCUT2D eigenvalue weighted by Gasteiger charge is -2.53. The van der Waals surface area contributed by atoms with Crippen LogP contribution in [0, 0.1) is 17.8 Å². The summed E-state index contributed by atoms with van der Waals surface area (Å²) >= 11 is 6.40. The van der Waals surface area contributed by atoms with Gasteiger partial charge in [0, 0.05) is 69.6 Å². The molecule has 2 bridgehead atoms. The fraction of sp³-hybridized carbons (Fsp3) is 0.634. The Hall–Kier alpha value is -2.70. The van der Waals surface area contributed by atoms with E-state index in [1.165, 1.54) is 5.56 Å². The number of allylic oxidation sites excluding steroid dienone is 1. The Bertz CT molecular complexity index is 1780. The molecule has 1 aliphatic carbocycles. The molecule has 0 radical (unpaired) electrons. The first-order chi connectivity index (χ1) is 25.4. The van der Waals surface area contributed by atoms with Crippen LogP contribution in [-0.2, 0) is 27.8 Å². The lowest BCUT2D eigenvalue weighted by molar-refractivity contribution is -0.101. The molecule has 0 unspecified atom stereocenters. The number of benzene rings is 2. The maximum atomic E-state index is 14.5. The summed E-state index contributed by atoms with van der Waals surface area (Å²) in [6.45, 7) is 9.59. The second-order valence-electron chi connectivity index (χ2n) is 16.2. The largest absolute Gasteiger partial charge is 0.487 e. The Balaban J connectivity index is 1.24. The highest BCUT2D eigenvalue weighted by Gasteiger charge is 2.49. The van der Waals surface area contributed by atoms with E-state index in [1.54, 1.807) is 25.1 Å². The van der Waals surface area contributed by atoms with Crippen LogP contribution in [-0.4, -0.2) is 100 Å². The number of nitrogens with zero attached hydrogens (tertiary/aromatic N) is 3. The summed E-state index contributed by atoms with van der Waals surface area (Å²) in [5.41, 5.74) is 2.72. The zero-order valence-electron chi connectivity index (χ0n) is 31.4. The van der Waals surface area contributed by atoms with Crippen LogP contribution in [0.25, 0.3) is 0 Å². The van der Waals surface area contributed by atoms with E-state index in [0.29, 0.717) is 49.1 Å². The third-order valence-electron chi connectivity index (χ3n) is 13.0. The number of anilines is 1. The number of carbonyl (C=O) groups is 1. The first-order valence-electron chi connectivity index (χ1n) is 19.6. The lowest BCUT2D eigenvalue weighted by atomic mass is 9.63. The minimum absolute atomic E-state index is 0.209. The van der Waals surface area contributed by atoms with Gasteiger partial charge in [0.25, 0.3) is 5.91 Å². The van der Waals surface area contributed by atoms with Crippen LogP contribution in [0.5, 0.6) is 5.75 Å². The van der Waals surface area contributed by atoms with Gasteiger partial charge >= 0.3 is 0 Å². The standard InChI is InChI=1S/C41H56ClFN4O5S/c1-28-7-6-16-41(51-3,27-45-19-20-46-18-15-35(43)23-36(46)25-45)37-13-10-32(37)24-47-17-5-4-8-30-21-34(42)12-9-33(30)26-52-39-14-11-31(22-38(39)47)40(48)44-53(49,50)29(28)2/h6,9,11-12,14,16,21-22,28-29,32,35-37H,4-5,7-8,10,13,15,17-20,23-27H2,1-3H3,(H,44,48)/b16-6+/t28-,29+,32-,35+,36-,37+,41-/m0/s1. The van der Waals surface area contributed by atoms with E-state index in [0.717, 1.165) is 82.6 Å². The van der Waals surface area contributed by atoms with Crippen LogP contribution < -0.4 is 14.4 Å². The van der Waals surface area contributed by atoms with Gasteiger partial charge in [0.2, 0.25) is 10.0 Å². The van der Waals surface area contributed by atoms with Gasteiger partial charge in [-0.15, -0.1) is 0 Å². The zero-order valence-corrected chi connectivity index (χ0v) is 33.0. The number of carbonyl (C=O) groups excluding carboxylic acids is 1. The number of ether oxygens (including phenoxy) is 2. The summed E-state index contributed by atoms with van der Waals surface area (Å²) in [6, 6.07) is 11.4. The lowest BCUT2D eigenvalue weighted by Crippen LogP contribution is -2.61. The number of piperazine rings is 1. The van der Waals surface area contributed by atoms with Crippen LogP contribution in [0.3, 0.4) is 0 Å². The minimum atomic E-state index is -3.98. The molecule has 2 aromatic carbocycles. The molecule has 53 heavy (non-hydrogen) atoms. The maximum Gasteiger partial charge on any atom is 0.264 e. The van der Waals surface area contributed by atoms with Crippen molar-refractivity contribution >= 4 is 33.2 Å². The van der Waals surface area contributed by atoms with Gasteiger partial charge in [-0.25, -0.2) is 17.5 Å². The topological polar surface area (TPSA) is 91.4 Å². The predicted molar refractivity (Wildman–Crippen MR) is 208 cm³/mol. The van der Waals surface area contributed by atoms with Crippen molar-refractivity contribution in [1.29, 1.82) is 0 Å². The molecular formula is C41H56ClFN4O5S. The Labute approximate surface area is 320 Å². The Morgan fingerprint density at radius 2 is 1.87 bits per heavy atom. The van der Waals surface area contributed by atoms with Crippen molar-refractivity contribution in [1.82, 2.24) is 14.5 Å². The van der Waals surface area contributed by atoms with Crippen LogP contribution in [0.4, 0.5) is 10.1 Å². The number of amides is 1. The van der Waals surface area contributed by atoms with E-state index < -0.39 is 33.0 Å². The quantitative estimate of drug-likeness (QED) is 0.348. The SMILES string of the molecule is CO[C@]1(CN2CCN3CC[C@@H](F)C[C@H]3C2)/C=C/C[C@H](C)[C@@H](C)S(=O)(=O)NC(=O)c2ccc3c(c2)N(CCCCc2cc(Cl)ccc2CO3)C[C@@H]2CC[C@H]21. The maximum absolute atomic E-state index is 14.5. The van der Waals surface area contributed by atoms with Gasteiger partial charge < -0.3 is 14.4 Å². The number of piperidine rings is 1. The molecule has 0 spiro atoms. The third kappa shape index (κ3) is 8.44. The number of sulfonamides is 1.